The van der Waals surface area contributed by atoms with Crippen molar-refractivity contribution >= 4 is 33.1 Å². The number of hydrogen-bond donors (Lipinski definition) is 2. The van der Waals surface area contributed by atoms with E-state index < -0.39 is 6.10 Å². The maximum atomic E-state index is 12.3. The van der Waals surface area contributed by atoms with Crippen molar-refractivity contribution in [2.45, 2.75) is 19.4 Å². The number of thiophene rings is 1. The van der Waals surface area contributed by atoms with E-state index in [1.165, 1.54) is 11.3 Å². The van der Waals surface area contributed by atoms with E-state index in [9.17, 15) is 9.90 Å². The molecular weight excluding hydrogens is 264 g/mol. The zero-order valence-corrected chi connectivity index (χ0v) is 11.6. The predicted molar refractivity (Wildman–Crippen MR) is 75.1 cm³/mol. The van der Waals surface area contributed by atoms with Crippen molar-refractivity contribution in [1.29, 1.82) is 0 Å². The first-order valence-electron chi connectivity index (χ1n) is 5.94. The standard InChI is InChI=1S/C12H16N4O2S/c1-7(17)4-6-16(2)12(18)10-9(13)8-3-5-14-15-11(8)19-10/h3,5,7,17H,4,6,13H2,1-2H3. The molecule has 1 unspecified atom stereocenters. The number of amides is 1. The summed E-state index contributed by atoms with van der Waals surface area (Å²) in [4.78, 5) is 15.0. The number of fused-ring (bicyclic) bond motifs is 1. The summed E-state index contributed by atoms with van der Waals surface area (Å²) in [6, 6.07) is 1.75. The number of hydrogen-bond acceptors (Lipinski definition) is 6. The van der Waals surface area contributed by atoms with Gasteiger partial charge in [-0.1, -0.05) is 0 Å². The molecule has 0 bridgehead atoms. The molecule has 19 heavy (non-hydrogen) atoms. The fourth-order valence-electron chi connectivity index (χ4n) is 1.69. The van der Waals surface area contributed by atoms with Crippen molar-refractivity contribution in [3.63, 3.8) is 0 Å². The number of nitrogens with two attached hydrogens (primary N) is 1. The zero-order valence-electron chi connectivity index (χ0n) is 10.8. The van der Waals surface area contributed by atoms with E-state index in [1.54, 1.807) is 31.1 Å². The average Bonchev–Trinajstić information content (AvgIpc) is 2.73. The number of nitrogen functional groups attached to an aromatic ring is 1. The lowest BCUT2D eigenvalue weighted by atomic mass is 10.2. The second-order valence-electron chi connectivity index (χ2n) is 4.46. The molecule has 0 spiro atoms. The van der Waals surface area contributed by atoms with Crippen LogP contribution in [0.5, 0.6) is 0 Å². The van der Waals surface area contributed by atoms with Gasteiger partial charge < -0.3 is 15.7 Å². The highest BCUT2D eigenvalue weighted by Gasteiger charge is 2.20. The Balaban J connectivity index is 2.24. The van der Waals surface area contributed by atoms with Crippen molar-refractivity contribution in [2.75, 3.05) is 19.3 Å². The number of carbonyl (C=O) groups excluding carboxylic acids is 1. The lowest BCUT2D eigenvalue weighted by Gasteiger charge is -2.17. The molecule has 0 aromatic carbocycles. The number of rotatable bonds is 4. The van der Waals surface area contributed by atoms with E-state index in [0.29, 0.717) is 28.4 Å². The Bertz CT molecular complexity index is 596. The maximum absolute atomic E-state index is 12.3. The van der Waals surface area contributed by atoms with Crippen molar-refractivity contribution < 1.29 is 9.90 Å². The molecule has 0 aliphatic heterocycles. The summed E-state index contributed by atoms with van der Waals surface area (Å²) in [5, 5.41) is 17.7. The van der Waals surface area contributed by atoms with Crippen molar-refractivity contribution in [3.05, 3.63) is 17.1 Å². The first kappa shape index (κ1) is 13.7. The minimum atomic E-state index is -0.430. The van der Waals surface area contributed by atoms with Crippen LogP contribution in [0, 0.1) is 0 Å². The summed E-state index contributed by atoms with van der Waals surface area (Å²) in [6.07, 6.45) is 1.66. The number of aliphatic hydroxyl groups excluding tert-OH is 1. The molecule has 0 saturated carbocycles. The Labute approximate surface area is 114 Å². The van der Waals surface area contributed by atoms with Gasteiger partial charge in [0.05, 0.1) is 18.0 Å². The number of nitrogens with zero attached hydrogens (tertiary/aromatic N) is 3. The molecule has 2 aromatic rings. The fraction of sp³-hybridized carbons (Fsp3) is 0.417. The minimum Gasteiger partial charge on any atom is -0.397 e. The highest BCUT2D eigenvalue weighted by molar-refractivity contribution is 7.21. The van der Waals surface area contributed by atoms with Gasteiger partial charge in [-0.2, -0.15) is 5.10 Å². The highest BCUT2D eigenvalue weighted by atomic mass is 32.1. The van der Waals surface area contributed by atoms with E-state index in [4.69, 9.17) is 5.73 Å². The van der Waals surface area contributed by atoms with Gasteiger partial charge in [-0.3, -0.25) is 4.79 Å². The summed E-state index contributed by atoms with van der Waals surface area (Å²) in [7, 11) is 1.69. The average molecular weight is 280 g/mol. The van der Waals surface area contributed by atoms with Crippen LogP contribution in [0.25, 0.3) is 10.2 Å². The topological polar surface area (TPSA) is 92.3 Å². The Morgan fingerprint density at radius 1 is 1.63 bits per heavy atom. The molecule has 0 aliphatic carbocycles. The number of aliphatic hydroxyl groups is 1. The molecule has 1 atom stereocenters. The van der Waals surface area contributed by atoms with E-state index in [0.717, 1.165) is 5.39 Å². The van der Waals surface area contributed by atoms with E-state index in [1.807, 2.05) is 0 Å². The van der Waals surface area contributed by atoms with Crippen LogP contribution < -0.4 is 5.73 Å². The molecule has 102 valence electrons. The molecule has 2 rings (SSSR count). The van der Waals surface area contributed by atoms with Gasteiger partial charge in [0.15, 0.2) is 0 Å². The summed E-state index contributed by atoms with van der Waals surface area (Å²) in [5.74, 6) is -0.152. The summed E-state index contributed by atoms with van der Waals surface area (Å²) in [6.45, 7) is 2.18. The molecule has 2 heterocycles. The second kappa shape index (κ2) is 5.50. The fourth-order valence-corrected chi connectivity index (χ4v) is 2.72. The van der Waals surface area contributed by atoms with E-state index >= 15 is 0 Å². The van der Waals surface area contributed by atoms with Gasteiger partial charge in [0.2, 0.25) is 0 Å². The molecule has 1 amide bonds. The first-order valence-corrected chi connectivity index (χ1v) is 6.75. The monoisotopic (exact) mass is 280 g/mol. The molecule has 3 N–H and O–H groups in total. The van der Waals surface area contributed by atoms with Crippen LogP contribution in [-0.4, -0.2) is 45.8 Å². The van der Waals surface area contributed by atoms with Gasteiger partial charge in [-0.25, -0.2) is 0 Å². The van der Waals surface area contributed by atoms with Crippen LogP contribution in [-0.2, 0) is 0 Å². The number of carbonyl (C=O) groups is 1. The third-order valence-electron chi connectivity index (χ3n) is 2.84. The molecule has 0 aliphatic rings. The Hall–Kier alpha value is -1.73. The largest absolute Gasteiger partial charge is 0.397 e. The smallest absolute Gasteiger partial charge is 0.265 e. The van der Waals surface area contributed by atoms with Crippen LogP contribution in [0.2, 0.25) is 0 Å². The Morgan fingerprint density at radius 3 is 3.00 bits per heavy atom. The summed E-state index contributed by atoms with van der Waals surface area (Å²) >= 11 is 1.24. The van der Waals surface area contributed by atoms with Crippen LogP contribution in [0.15, 0.2) is 12.3 Å². The Morgan fingerprint density at radius 2 is 2.37 bits per heavy atom. The van der Waals surface area contributed by atoms with Crippen molar-refractivity contribution in [1.82, 2.24) is 15.1 Å². The Kier molecular flexibility index (Phi) is 3.96. The van der Waals surface area contributed by atoms with Crippen LogP contribution in [0.3, 0.4) is 0 Å². The predicted octanol–water partition coefficient (Wildman–Crippen LogP) is 1.12. The van der Waals surface area contributed by atoms with Gasteiger partial charge >= 0.3 is 0 Å². The molecule has 0 radical (unpaired) electrons. The highest BCUT2D eigenvalue weighted by Crippen LogP contribution is 2.32. The van der Waals surface area contributed by atoms with Crippen molar-refractivity contribution in [3.8, 4) is 0 Å². The minimum absolute atomic E-state index is 0.152. The summed E-state index contributed by atoms with van der Waals surface area (Å²) in [5.41, 5.74) is 6.43. The molecule has 0 saturated heterocycles. The molecule has 6 nitrogen and oxygen atoms in total. The third-order valence-corrected chi connectivity index (χ3v) is 3.94. The number of aromatic nitrogens is 2. The van der Waals surface area contributed by atoms with E-state index in [-0.39, 0.29) is 5.91 Å². The van der Waals surface area contributed by atoms with E-state index in [2.05, 4.69) is 10.2 Å². The van der Waals surface area contributed by atoms with Crippen LogP contribution in [0.1, 0.15) is 23.0 Å². The summed E-state index contributed by atoms with van der Waals surface area (Å²) < 4.78 is 0. The van der Waals surface area contributed by atoms with Gasteiger partial charge in [0, 0.05) is 19.0 Å². The molecule has 2 aromatic heterocycles. The number of anilines is 1. The van der Waals surface area contributed by atoms with Crippen LogP contribution in [0.4, 0.5) is 5.69 Å². The molecular formula is C12H16N4O2S. The van der Waals surface area contributed by atoms with Crippen LogP contribution >= 0.6 is 11.3 Å². The molecule has 0 fully saturated rings. The first-order chi connectivity index (χ1) is 9.00. The SMILES string of the molecule is CC(O)CCN(C)C(=O)c1sc2nnccc2c1N. The molecule has 7 heteroatoms. The van der Waals surface area contributed by atoms with Gasteiger partial charge in [-0.05, 0) is 19.4 Å². The normalized spacial score (nSPS) is 12.6. The van der Waals surface area contributed by atoms with Gasteiger partial charge in [0.1, 0.15) is 9.71 Å². The quantitative estimate of drug-likeness (QED) is 0.875. The van der Waals surface area contributed by atoms with Crippen molar-refractivity contribution in [2.24, 2.45) is 0 Å². The lowest BCUT2D eigenvalue weighted by molar-refractivity contribution is 0.0774. The van der Waals surface area contributed by atoms with Gasteiger partial charge in [0.25, 0.3) is 5.91 Å². The van der Waals surface area contributed by atoms with Gasteiger partial charge in [-0.15, -0.1) is 16.4 Å². The third kappa shape index (κ3) is 2.82. The maximum Gasteiger partial charge on any atom is 0.265 e. The zero-order chi connectivity index (χ0) is 14.0. The second-order valence-corrected chi connectivity index (χ2v) is 5.46. The lowest BCUT2D eigenvalue weighted by Crippen LogP contribution is -2.29.